The van der Waals surface area contributed by atoms with Crippen molar-refractivity contribution in [1.82, 2.24) is 0 Å². The summed E-state index contributed by atoms with van der Waals surface area (Å²) in [6.07, 6.45) is 2.02. The second-order valence-electron chi connectivity index (χ2n) is 10.1. The molecule has 2 heteroatoms. The zero-order valence-corrected chi connectivity index (χ0v) is 20.6. The molecule has 0 saturated heterocycles. The molecule has 0 fully saturated rings. The van der Waals surface area contributed by atoms with Crippen LogP contribution < -0.4 is 15.9 Å². The van der Waals surface area contributed by atoms with Gasteiger partial charge in [0.2, 0.25) is 0 Å². The van der Waals surface area contributed by atoms with Gasteiger partial charge in [-0.25, -0.2) is 0 Å². The van der Waals surface area contributed by atoms with Gasteiger partial charge in [0, 0.05) is 0 Å². The summed E-state index contributed by atoms with van der Waals surface area (Å²) in [6.45, 7) is 10.6. The molecule has 0 aliphatic carbocycles. The fraction of sp³-hybridized carbons (Fsp3) is 0.345. The Labute approximate surface area is 189 Å². The molecule has 0 aliphatic heterocycles. The van der Waals surface area contributed by atoms with Crippen LogP contribution >= 0.6 is 7.26 Å². The molecule has 0 aliphatic rings. The van der Waals surface area contributed by atoms with Crippen molar-refractivity contribution in [3.63, 3.8) is 0 Å². The first-order valence-corrected chi connectivity index (χ1v) is 13.7. The van der Waals surface area contributed by atoms with Crippen LogP contribution in [0, 0.1) is 17.3 Å². The van der Waals surface area contributed by atoms with Crippen LogP contribution in [0.4, 0.5) is 0 Å². The zero-order chi connectivity index (χ0) is 22.5. The van der Waals surface area contributed by atoms with E-state index in [0.29, 0.717) is 11.7 Å². The van der Waals surface area contributed by atoms with E-state index in [1.165, 1.54) is 15.9 Å². The summed E-state index contributed by atoms with van der Waals surface area (Å²) >= 11 is 0. The molecule has 0 spiro atoms. The molecule has 164 valence electrons. The molecule has 2 unspecified atom stereocenters. The molecule has 0 amide bonds. The van der Waals surface area contributed by atoms with E-state index in [1.807, 2.05) is 20.8 Å². The Balaban J connectivity index is 2.07. The van der Waals surface area contributed by atoms with Crippen LogP contribution in [0.3, 0.4) is 0 Å². The molecule has 3 aromatic rings. The summed E-state index contributed by atoms with van der Waals surface area (Å²) in [7, 11) is -2.25. The summed E-state index contributed by atoms with van der Waals surface area (Å²) < 4.78 is 0. The first-order chi connectivity index (χ1) is 14.7. The van der Waals surface area contributed by atoms with Gasteiger partial charge in [-0.2, -0.15) is 0 Å². The average molecular weight is 433 g/mol. The molecule has 0 saturated carbocycles. The molecular weight excluding hydrogens is 395 g/mol. The Morgan fingerprint density at radius 3 is 1.39 bits per heavy atom. The number of carbonyl (C=O) groups excluding carboxylic acids is 1. The number of Topliss-reactive ketones (excluding diaryl/α,β-unsaturated/α-hetero) is 1. The second kappa shape index (κ2) is 9.92. The van der Waals surface area contributed by atoms with Crippen molar-refractivity contribution < 1.29 is 4.79 Å². The van der Waals surface area contributed by atoms with Gasteiger partial charge in [0.05, 0.1) is 0 Å². The molecule has 0 bridgehead atoms. The monoisotopic (exact) mass is 432 g/mol. The zero-order valence-electron chi connectivity index (χ0n) is 19.6. The van der Waals surface area contributed by atoms with Gasteiger partial charge in [-0.05, 0) is 0 Å². The van der Waals surface area contributed by atoms with Gasteiger partial charge in [-0.3, -0.25) is 0 Å². The average Bonchev–Trinajstić information content (AvgIpc) is 2.78. The number of rotatable bonds is 8. The molecule has 0 N–H and O–H groups in total. The Morgan fingerprint density at radius 2 is 1.06 bits per heavy atom. The Hall–Kier alpha value is -2.24. The fourth-order valence-corrected chi connectivity index (χ4v) is 10.3. The van der Waals surface area contributed by atoms with Crippen molar-refractivity contribution in [2.24, 2.45) is 17.3 Å². The molecule has 0 aromatic heterocycles. The van der Waals surface area contributed by atoms with Crippen LogP contribution in [0.2, 0.25) is 0 Å². The minimum atomic E-state index is -2.25. The van der Waals surface area contributed by atoms with Gasteiger partial charge < -0.3 is 0 Å². The molecule has 31 heavy (non-hydrogen) atoms. The van der Waals surface area contributed by atoms with Gasteiger partial charge >= 0.3 is 189 Å². The minimum absolute atomic E-state index is 0.0732. The molecule has 0 radical (unpaired) electrons. The summed E-state index contributed by atoms with van der Waals surface area (Å²) in [5.74, 6) is 0.878. The first kappa shape index (κ1) is 23.4. The standard InChI is InChI=1S/C29H37OP/c1-23(21-24(2)28(30)29(3,4)5)22-31(25-15-9-6-10-16-25,26-17-11-7-12-18-26)27-19-13-8-14-20-27/h6-20,23-24,31H,21-22H2,1-5H3. The Bertz CT molecular complexity index is 861. The van der Waals surface area contributed by atoms with Gasteiger partial charge in [-0.1, -0.05) is 0 Å². The molecular formula is C29H37OP. The van der Waals surface area contributed by atoms with Gasteiger partial charge in [-0.15, -0.1) is 0 Å². The van der Waals surface area contributed by atoms with Crippen molar-refractivity contribution in [3.8, 4) is 0 Å². The van der Waals surface area contributed by atoms with Crippen LogP contribution in [-0.4, -0.2) is 11.9 Å². The van der Waals surface area contributed by atoms with E-state index < -0.39 is 7.26 Å². The predicted molar refractivity (Wildman–Crippen MR) is 139 cm³/mol. The Morgan fingerprint density at radius 1 is 0.710 bits per heavy atom. The van der Waals surface area contributed by atoms with E-state index in [0.717, 1.165) is 12.6 Å². The number of hydrogen-bond acceptors (Lipinski definition) is 1. The normalized spacial score (nSPS) is 14.6. The van der Waals surface area contributed by atoms with Crippen LogP contribution in [0.25, 0.3) is 0 Å². The third-order valence-electron chi connectivity index (χ3n) is 6.40. The second-order valence-corrected chi connectivity index (χ2v) is 14.0. The SMILES string of the molecule is CC(CC(C)C(=O)C(C)(C)C)C[PH](c1ccccc1)(c1ccccc1)c1ccccc1. The van der Waals surface area contributed by atoms with E-state index in [1.54, 1.807) is 0 Å². The van der Waals surface area contributed by atoms with E-state index in [2.05, 4.69) is 105 Å². The third kappa shape index (κ3) is 5.34. The van der Waals surface area contributed by atoms with Crippen molar-refractivity contribution >= 4 is 29.0 Å². The van der Waals surface area contributed by atoms with E-state index in [4.69, 9.17) is 0 Å². The van der Waals surface area contributed by atoms with E-state index >= 15 is 0 Å². The first-order valence-electron chi connectivity index (χ1n) is 11.5. The molecule has 1 nitrogen and oxygen atoms in total. The summed E-state index contributed by atoms with van der Waals surface area (Å²) in [6, 6.07) is 33.2. The maximum atomic E-state index is 12.9. The van der Waals surface area contributed by atoms with Crippen molar-refractivity contribution in [2.75, 3.05) is 6.16 Å². The Kier molecular flexibility index (Phi) is 7.50. The fourth-order valence-electron chi connectivity index (χ4n) is 5.08. The quantitative estimate of drug-likeness (QED) is 0.400. The summed E-state index contributed by atoms with van der Waals surface area (Å²) in [5, 5.41) is 4.32. The third-order valence-corrected chi connectivity index (χ3v) is 11.7. The van der Waals surface area contributed by atoms with Crippen LogP contribution in [0.15, 0.2) is 91.0 Å². The molecule has 3 rings (SSSR count). The van der Waals surface area contributed by atoms with Crippen molar-refractivity contribution in [3.05, 3.63) is 91.0 Å². The van der Waals surface area contributed by atoms with E-state index in [9.17, 15) is 4.79 Å². The topological polar surface area (TPSA) is 17.1 Å². The van der Waals surface area contributed by atoms with Gasteiger partial charge in [0.25, 0.3) is 0 Å². The number of ketones is 1. The van der Waals surface area contributed by atoms with Gasteiger partial charge in [0.15, 0.2) is 0 Å². The van der Waals surface area contributed by atoms with Crippen LogP contribution in [0.1, 0.15) is 41.0 Å². The van der Waals surface area contributed by atoms with E-state index in [-0.39, 0.29) is 11.3 Å². The maximum absolute atomic E-state index is 12.9. The summed E-state index contributed by atoms with van der Waals surface area (Å²) in [5.41, 5.74) is -0.286. The van der Waals surface area contributed by atoms with Crippen molar-refractivity contribution in [2.45, 2.75) is 41.0 Å². The number of carbonyl (C=O) groups is 1. The molecule has 2 atom stereocenters. The summed E-state index contributed by atoms with van der Waals surface area (Å²) in [4.78, 5) is 12.9. The molecule has 3 aromatic carbocycles. The van der Waals surface area contributed by atoms with Crippen LogP contribution in [0.5, 0.6) is 0 Å². The molecule has 0 heterocycles. The van der Waals surface area contributed by atoms with Gasteiger partial charge in [0.1, 0.15) is 0 Å². The van der Waals surface area contributed by atoms with Crippen LogP contribution in [-0.2, 0) is 4.79 Å². The number of benzene rings is 3. The number of hydrogen-bond donors (Lipinski definition) is 0. The van der Waals surface area contributed by atoms with Crippen molar-refractivity contribution in [1.29, 1.82) is 0 Å². The predicted octanol–water partition coefficient (Wildman–Crippen LogP) is 5.99.